The molecular weight excluding hydrogens is 318 g/mol. The van der Waals surface area contributed by atoms with E-state index >= 15 is 0 Å². The zero-order valence-corrected chi connectivity index (χ0v) is 15.8. The first-order chi connectivity index (χ1) is 12.2. The molecule has 1 atom stereocenters. The number of rotatable bonds is 5. The number of piperazine rings is 1. The van der Waals surface area contributed by atoms with Gasteiger partial charge in [-0.2, -0.15) is 0 Å². The molecule has 0 aliphatic carbocycles. The highest BCUT2D eigenvalue weighted by Crippen LogP contribution is 2.16. The normalized spacial score (nSPS) is 22.6. The zero-order valence-electron chi connectivity index (χ0n) is 15.8. The molecule has 0 amide bonds. The topological polar surface area (TPSA) is 66.1 Å². The van der Waals surface area contributed by atoms with E-state index in [9.17, 15) is 0 Å². The zero-order chi connectivity index (χ0) is 17.6. The lowest BCUT2D eigenvalue weighted by Crippen LogP contribution is -2.53. The van der Waals surface area contributed by atoms with Gasteiger partial charge in [0.15, 0.2) is 5.96 Å². The second-order valence-electron chi connectivity index (χ2n) is 6.99. The number of nitrogens with one attached hydrogen (secondary N) is 1. The molecule has 0 bridgehead atoms. The van der Waals surface area contributed by atoms with Crippen molar-refractivity contribution in [1.82, 2.24) is 20.3 Å². The quantitative estimate of drug-likeness (QED) is 0.640. The van der Waals surface area contributed by atoms with Crippen LogP contribution >= 0.6 is 0 Å². The lowest BCUT2D eigenvalue weighted by Gasteiger charge is -2.37. The van der Waals surface area contributed by atoms with Crippen molar-refractivity contribution in [2.75, 3.05) is 52.5 Å². The molecule has 1 unspecified atom stereocenters. The summed E-state index contributed by atoms with van der Waals surface area (Å²) in [5.74, 6) is 2.57. The van der Waals surface area contributed by atoms with Gasteiger partial charge in [-0.1, -0.05) is 5.16 Å². The van der Waals surface area contributed by atoms with Crippen LogP contribution in [0.4, 0.5) is 0 Å². The Morgan fingerprint density at radius 2 is 2.08 bits per heavy atom. The lowest BCUT2D eigenvalue weighted by atomic mass is 10.1. The van der Waals surface area contributed by atoms with Crippen LogP contribution in [0.5, 0.6) is 0 Å². The number of aryl methyl sites for hydroxylation is 2. The summed E-state index contributed by atoms with van der Waals surface area (Å²) in [4.78, 5) is 9.75. The first-order valence-corrected chi connectivity index (χ1v) is 9.42. The monoisotopic (exact) mass is 349 g/mol. The van der Waals surface area contributed by atoms with Gasteiger partial charge < -0.3 is 19.5 Å². The summed E-state index contributed by atoms with van der Waals surface area (Å²) >= 11 is 0. The Morgan fingerprint density at radius 3 is 2.68 bits per heavy atom. The molecule has 25 heavy (non-hydrogen) atoms. The molecule has 3 heterocycles. The fourth-order valence-corrected chi connectivity index (χ4v) is 3.54. The number of ether oxygens (including phenoxy) is 1. The maximum absolute atomic E-state index is 5.50. The summed E-state index contributed by atoms with van der Waals surface area (Å²) in [5.41, 5.74) is 2.02. The Morgan fingerprint density at radius 1 is 1.28 bits per heavy atom. The molecule has 2 aliphatic heterocycles. The standard InChI is InChI=1S/C18H31N5O2/c1-4-19-18(20-11-17-14(2)21-25-15(17)3)23-8-6-22(7-9-23)12-16-5-10-24-13-16/h16H,4-13H2,1-3H3,(H,19,20). The molecule has 3 rings (SSSR count). The minimum atomic E-state index is 0.614. The number of nitrogens with zero attached hydrogens (tertiary/aromatic N) is 4. The highest BCUT2D eigenvalue weighted by atomic mass is 16.5. The second kappa shape index (κ2) is 8.67. The number of guanidine groups is 1. The lowest BCUT2D eigenvalue weighted by molar-refractivity contribution is 0.139. The molecule has 7 heteroatoms. The number of aromatic nitrogens is 1. The molecule has 7 nitrogen and oxygen atoms in total. The third-order valence-corrected chi connectivity index (χ3v) is 5.12. The van der Waals surface area contributed by atoms with Crippen LogP contribution < -0.4 is 5.32 Å². The van der Waals surface area contributed by atoms with E-state index < -0.39 is 0 Å². The summed E-state index contributed by atoms with van der Waals surface area (Å²) in [6, 6.07) is 0. The second-order valence-corrected chi connectivity index (χ2v) is 6.99. The Hall–Kier alpha value is -1.60. The predicted octanol–water partition coefficient (Wildman–Crippen LogP) is 1.41. The third kappa shape index (κ3) is 4.73. The Kier molecular flexibility index (Phi) is 6.31. The highest BCUT2D eigenvalue weighted by Gasteiger charge is 2.24. The summed E-state index contributed by atoms with van der Waals surface area (Å²) < 4.78 is 10.7. The van der Waals surface area contributed by atoms with E-state index in [1.54, 1.807) is 0 Å². The Labute approximate surface area is 150 Å². The van der Waals surface area contributed by atoms with Crippen LogP contribution in [0.15, 0.2) is 9.52 Å². The van der Waals surface area contributed by atoms with E-state index in [2.05, 4.69) is 27.2 Å². The van der Waals surface area contributed by atoms with Crippen LogP contribution in [-0.2, 0) is 11.3 Å². The van der Waals surface area contributed by atoms with Gasteiger partial charge in [0.25, 0.3) is 0 Å². The average Bonchev–Trinajstić information content (AvgIpc) is 3.23. The minimum Gasteiger partial charge on any atom is -0.381 e. The molecule has 2 aliphatic rings. The van der Waals surface area contributed by atoms with Crippen molar-refractivity contribution in [1.29, 1.82) is 0 Å². The largest absolute Gasteiger partial charge is 0.381 e. The molecule has 0 aromatic carbocycles. The van der Waals surface area contributed by atoms with Crippen LogP contribution in [0.25, 0.3) is 0 Å². The van der Waals surface area contributed by atoms with Gasteiger partial charge in [0.05, 0.1) is 18.8 Å². The van der Waals surface area contributed by atoms with Gasteiger partial charge in [0.2, 0.25) is 0 Å². The van der Waals surface area contributed by atoms with Gasteiger partial charge in [-0.3, -0.25) is 4.90 Å². The van der Waals surface area contributed by atoms with Crippen LogP contribution in [0.1, 0.15) is 30.4 Å². The molecule has 1 aromatic heterocycles. The average molecular weight is 349 g/mol. The van der Waals surface area contributed by atoms with Crippen LogP contribution in [0, 0.1) is 19.8 Å². The van der Waals surface area contributed by atoms with Crippen LogP contribution in [0.2, 0.25) is 0 Å². The molecule has 0 spiro atoms. The predicted molar refractivity (Wildman–Crippen MR) is 97.7 cm³/mol. The van der Waals surface area contributed by atoms with E-state index in [0.29, 0.717) is 12.5 Å². The molecule has 1 N–H and O–H groups in total. The summed E-state index contributed by atoms with van der Waals surface area (Å²) in [6.45, 7) is 14.8. The van der Waals surface area contributed by atoms with E-state index in [4.69, 9.17) is 14.3 Å². The van der Waals surface area contributed by atoms with Crippen LogP contribution in [0.3, 0.4) is 0 Å². The molecular formula is C18H31N5O2. The molecule has 1 aromatic rings. The van der Waals surface area contributed by atoms with Crippen molar-refractivity contribution in [3.8, 4) is 0 Å². The van der Waals surface area contributed by atoms with Gasteiger partial charge in [0, 0.05) is 51.4 Å². The van der Waals surface area contributed by atoms with E-state index in [1.807, 2.05) is 13.8 Å². The smallest absolute Gasteiger partial charge is 0.194 e. The molecule has 2 saturated heterocycles. The van der Waals surface area contributed by atoms with Gasteiger partial charge in [-0.05, 0) is 33.1 Å². The van der Waals surface area contributed by atoms with E-state index in [-0.39, 0.29) is 0 Å². The SMILES string of the molecule is CCNC(=NCc1c(C)noc1C)N1CCN(CC2CCOC2)CC1. The van der Waals surface area contributed by atoms with Crippen LogP contribution in [-0.4, -0.2) is 73.4 Å². The highest BCUT2D eigenvalue weighted by molar-refractivity contribution is 5.80. The maximum atomic E-state index is 5.50. The number of hydrogen-bond acceptors (Lipinski definition) is 5. The Bertz CT molecular complexity index is 553. The molecule has 2 fully saturated rings. The van der Waals surface area contributed by atoms with Crippen molar-refractivity contribution >= 4 is 5.96 Å². The summed E-state index contributed by atoms with van der Waals surface area (Å²) in [5, 5.41) is 7.44. The van der Waals surface area contributed by atoms with Gasteiger partial charge in [0.1, 0.15) is 5.76 Å². The number of aliphatic imine (C=N–C) groups is 1. The Balaban J connectivity index is 1.55. The van der Waals surface area contributed by atoms with Gasteiger partial charge in [-0.25, -0.2) is 4.99 Å². The van der Waals surface area contributed by atoms with E-state index in [1.165, 1.54) is 13.0 Å². The molecule has 140 valence electrons. The molecule has 0 radical (unpaired) electrons. The first kappa shape index (κ1) is 18.2. The minimum absolute atomic E-state index is 0.614. The molecule has 0 saturated carbocycles. The fourth-order valence-electron chi connectivity index (χ4n) is 3.54. The summed E-state index contributed by atoms with van der Waals surface area (Å²) in [6.07, 6.45) is 1.21. The van der Waals surface area contributed by atoms with Crippen molar-refractivity contribution in [3.05, 3.63) is 17.0 Å². The van der Waals surface area contributed by atoms with E-state index in [0.717, 1.165) is 68.9 Å². The summed E-state index contributed by atoms with van der Waals surface area (Å²) in [7, 11) is 0. The number of hydrogen-bond donors (Lipinski definition) is 1. The van der Waals surface area contributed by atoms with Crippen molar-refractivity contribution < 1.29 is 9.26 Å². The first-order valence-electron chi connectivity index (χ1n) is 9.42. The van der Waals surface area contributed by atoms with Crippen molar-refractivity contribution in [3.63, 3.8) is 0 Å². The van der Waals surface area contributed by atoms with Crippen molar-refractivity contribution in [2.45, 2.75) is 33.7 Å². The fraction of sp³-hybridized carbons (Fsp3) is 0.778. The van der Waals surface area contributed by atoms with Crippen molar-refractivity contribution in [2.24, 2.45) is 10.9 Å². The van der Waals surface area contributed by atoms with Gasteiger partial charge >= 0.3 is 0 Å². The van der Waals surface area contributed by atoms with Gasteiger partial charge in [-0.15, -0.1) is 0 Å². The third-order valence-electron chi connectivity index (χ3n) is 5.12. The maximum Gasteiger partial charge on any atom is 0.194 e.